The largest absolute Gasteiger partial charge is 0.490 e. The summed E-state index contributed by atoms with van der Waals surface area (Å²) in [5.74, 6) is 0.876. The molecule has 1 atom stereocenters. The molecule has 7 heteroatoms. The van der Waals surface area contributed by atoms with Crippen LogP contribution in [0.5, 0.6) is 5.75 Å². The third-order valence-electron chi connectivity index (χ3n) is 4.88. The van der Waals surface area contributed by atoms with Crippen LogP contribution in [-0.4, -0.2) is 66.6 Å². The second-order valence-electron chi connectivity index (χ2n) is 6.94. The summed E-state index contributed by atoms with van der Waals surface area (Å²) in [6.07, 6.45) is 3.77. The second kappa shape index (κ2) is 6.99. The average molecular weight is 356 g/mol. The van der Waals surface area contributed by atoms with Gasteiger partial charge < -0.3 is 19.3 Å². The van der Waals surface area contributed by atoms with Crippen LogP contribution in [0.15, 0.2) is 30.6 Å². The van der Waals surface area contributed by atoms with E-state index in [-0.39, 0.29) is 12.0 Å². The number of aryl methyl sites for hydroxylation is 1. The van der Waals surface area contributed by atoms with E-state index < -0.39 is 0 Å². The van der Waals surface area contributed by atoms with Crippen LogP contribution >= 0.6 is 0 Å². The number of benzene rings is 1. The summed E-state index contributed by atoms with van der Waals surface area (Å²) < 4.78 is 13.4. The Balaban J connectivity index is 1.46. The maximum atomic E-state index is 13.0. The van der Waals surface area contributed by atoms with Crippen LogP contribution in [-0.2, 0) is 11.3 Å². The molecule has 0 aliphatic carbocycles. The molecule has 138 valence electrons. The molecular weight excluding hydrogens is 332 g/mol. The number of morpholine rings is 1. The molecule has 2 aliphatic rings. The quantitative estimate of drug-likeness (QED) is 0.835. The molecule has 2 aromatic rings. The van der Waals surface area contributed by atoms with Gasteiger partial charge in [0.2, 0.25) is 0 Å². The molecule has 1 fully saturated rings. The van der Waals surface area contributed by atoms with Gasteiger partial charge in [0.15, 0.2) is 0 Å². The Hall–Kier alpha value is -2.54. The number of hydrogen-bond donors (Lipinski definition) is 0. The van der Waals surface area contributed by atoms with Gasteiger partial charge in [0.1, 0.15) is 12.4 Å². The Bertz CT molecular complexity index is 804. The SMILES string of the molecule is Cc1cnn(CC2CN(C(=O)c3ccc4c(c3)N(C)CCO4)CCO2)c1. The Morgan fingerprint density at radius 2 is 2.19 bits per heavy atom. The monoisotopic (exact) mass is 356 g/mol. The number of carbonyl (C=O) groups is 1. The van der Waals surface area contributed by atoms with Crippen LogP contribution in [0.2, 0.25) is 0 Å². The normalized spacial score (nSPS) is 19.8. The van der Waals surface area contributed by atoms with E-state index in [9.17, 15) is 4.79 Å². The minimum atomic E-state index is -0.0457. The molecule has 26 heavy (non-hydrogen) atoms. The number of likely N-dealkylation sites (N-methyl/N-ethyl adjacent to an activating group) is 1. The summed E-state index contributed by atoms with van der Waals surface area (Å²) in [7, 11) is 2.02. The third-order valence-corrected chi connectivity index (χ3v) is 4.88. The maximum absolute atomic E-state index is 13.0. The fraction of sp³-hybridized carbons (Fsp3) is 0.474. The molecule has 1 amide bonds. The van der Waals surface area contributed by atoms with Crippen molar-refractivity contribution >= 4 is 11.6 Å². The van der Waals surface area contributed by atoms with Gasteiger partial charge in [-0.1, -0.05) is 0 Å². The van der Waals surface area contributed by atoms with E-state index in [1.807, 2.05) is 54.1 Å². The second-order valence-corrected chi connectivity index (χ2v) is 6.94. The Kier molecular flexibility index (Phi) is 4.55. The van der Waals surface area contributed by atoms with Crippen molar-refractivity contribution in [2.45, 2.75) is 19.6 Å². The van der Waals surface area contributed by atoms with Crippen LogP contribution in [0.1, 0.15) is 15.9 Å². The van der Waals surface area contributed by atoms with Crippen LogP contribution in [0.4, 0.5) is 5.69 Å². The molecule has 0 spiro atoms. The first-order chi connectivity index (χ1) is 12.6. The number of anilines is 1. The Morgan fingerprint density at radius 3 is 3.00 bits per heavy atom. The summed E-state index contributed by atoms with van der Waals surface area (Å²) in [4.78, 5) is 17.0. The first-order valence-corrected chi connectivity index (χ1v) is 8.98. The number of nitrogens with zero attached hydrogens (tertiary/aromatic N) is 4. The molecule has 1 unspecified atom stereocenters. The molecule has 2 aliphatic heterocycles. The van der Waals surface area contributed by atoms with Gasteiger partial charge in [-0.2, -0.15) is 5.10 Å². The molecule has 1 saturated heterocycles. The topological polar surface area (TPSA) is 59.8 Å². The lowest BCUT2D eigenvalue weighted by Gasteiger charge is -2.33. The van der Waals surface area contributed by atoms with Crippen molar-refractivity contribution in [3.05, 3.63) is 41.7 Å². The number of hydrogen-bond acceptors (Lipinski definition) is 5. The van der Waals surface area contributed by atoms with E-state index >= 15 is 0 Å². The van der Waals surface area contributed by atoms with Crippen molar-refractivity contribution in [1.82, 2.24) is 14.7 Å². The van der Waals surface area contributed by atoms with Crippen molar-refractivity contribution in [1.29, 1.82) is 0 Å². The molecule has 3 heterocycles. The zero-order valence-corrected chi connectivity index (χ0v) is 15.2. The standard InChI is InChI=1S/C19H24N4O3/c1-14-10-20-23(11-14)13-16-12-22(6-8-25-16)19(24)15-3-4-18-17(9-15)21(2)5-7-26-18/h3-4,9-11,16H,5-8,12-13H2,1-2H3. The Morgan fingerprint density at radius 1 is 1.31 bits per heavy atom. The molecule has 0 saturated carbocycles. The highest BCUT2D eigenvalue weighted by molar-refractivity contribution is 5.95. The van der Waals surface area contributed by atoms with Crippen molar-refractivity contribution < 1.29 is 14.3 Å². The molecule has 1 aromatic carbocycles. The third kappa shape index (κ3) is 3.39. The molecule has 4 rings (SSSR count). The summed E-state index contributed by atoms with van der Waals surface area (Å²) in [5, 5.41) is 4.31. The van der Waals surface area contributed by atoms with Gasteiger partial charge in [-0.25, -0.2) is 0 Å². The number of rotatable bonds is 3. The van der Waals surface area contributed by atoms with E-state index in [1.165, 1.54) is 0 Å². The number of aromatic nitrogens is 2. The highest BCUT2D eigenvalue weighted by atomic mass is 16.5. The van der Waals surface area contributed by atoms with Crippen LogP contribution in [0, 0.1) is 6.92 Å². The molecule has 0 radical (unpaired) electrons. The van der Waals surface area contributed by atoms with Crippen molar-refractivity contribution in [3.8, 4) is 5.75 Å². The summed E-state index contributed by atoms with van der Waals surface area (Å²) in [6, 6.07) is 5.67. The minimum Gasteiger partial charge on any atom is -0.490 e. The van der Waals surface area contributed by atoms with Crippen LogP contribution in [0.25, 0.3) is 0 Å². The minimum absolute atomic E-state index is 0.0386. The van der Waals surface area contributed by atoms with Gasteiger partial charge in [0, 0.05) is 31.9 Å². The van der Waals surface area contributed by atoms with Gasteiger partial charge in [-0.05, 0) is 30.7 Å². The number of ether oxygens (including phenoxy) is 2. The predicted molar refractivity (Wildman–Crippen MR) is 97.8 cm³/mol. The molecular formula is C19H24N4O3. The fourth-order valence-corrected chi connectivity index (χ4v) is 3.46. The molecule has 0 bridgehead atoms. The van der Waals surface area contributed by atoms with Gasteiger partial charge in [-0.15, -0.1) is 0 Å². The molecule has 0 N–H and O–H groups in total. The predicted octanol–water partition coefficient (Wildman–Crippen LogP) is 1.56. The lowest BCUT2D eigenvalue weighted by atomic mass is 10.1. The average Bonchev–Trinajstić information content (AvgIpc) is 3.06. The number of fused-ring (bicyclic) bond motifs is 1. The first kappa shape index (κ1) is 16.9. The highest BCUT2D eigenvalue weighted by Gasteiger charge is 2.26. The van der Waals surface area contributed by atoms with E-state index in [4.69, 9.17) is 9.47 Å². The van der Waals surface area contributed by atoms with E-state index in [0.717, 1.165) is 23.5 Å². The van der Waals surface area contributed by atoms with Crippen molar-refractivity contribution in [3.63, 3.8) is 0 Å². The fourth-order valence-electron chi connectivity index (χ4n) is 3.46. The van der Waals surface area contributed by atoms with Crippen LogP contribution in [0.3, 0.4) is 0 Å². The smallest absolute Gasteiger partial charge is 0.254 e. The van der Waals surface area contributed by atoms with Gasteiger partial charge in [-0.3, -0.25) is 9.48 Å². The van der Waals surface area contributed by atoms with Gasteiger partial charge in [0.05, 0.1) is 37.7 Å². The van der Waals surface area contributed by atoms with E-state index in [2.05, 4.69) is 10.00 Å². The zero-order chi connectivity index (χ0) is 18.1. The first-order valence-electron chi connectivity index (χ1n) is 8.98. The number of amides is 1. The van der Waals surface area contributed by atoms with Crippen molar-refractivity contribution in [2.24, 2.45) is 0 Å². The highest BCUT2D eigenvalue weighted by Crippen LogP contribution is 2.32. The maximum Gasteiger partial charge on any atom is 0.254 e. The van der Waals surface area contributed by atoms with Gasteiger partial charge >= 0.3 is 0 Å². The van der Waals surface area contributed by atoms with Crippen molar-refractivity contribution in [2.75, 3.05) is 44.8 Å². The zero-order valence-electron chi connectivity index (χ0n) is 15.2. The molecule has 1 aromatic heterocycles. The van der Waals surface area contributed by atoms with E-state index in [0.29, 0.717) is 38.4 Å². The van der Waals surface area contributed by atoms with Crippen LogP contribution < -0.4 is 9.64 Å². The summed E-state index contributed by atoms with van der Waals surface area (Å²) in [6.45, 7) is 5.89. The van der Waals surface area contributed by atoms with E-state index in [1.54, 1.807) is 0 Å². The molecule has 7 nitrogen and oxygen atoms in total. The Labute approximate surface area is 153 Å². The summed E-state index contributed by atoms with van der Waals surface area (Å²) in [5.41, 5.74) is 2.78. The lowest BCUT2D eigenvalue weighted by Crippen LogP contribution is -2.47. The lowest BCUT2D eigenvalue weighted by molar-refractivity contribution is -0.0300. The summed E-state index contributed by atoms with van der Waals surface area (Å²) >= 11 is 0. The van der Waals surface area contributed by atoms with Gasteiger partial charge in [0.25, 0.3) is 5.91 Å². The number of carbonyl (C=O) groups excluding carboxylic acids is 1.